The standard InChI is InChI=1S/C6H7BS/c1-2-5-3-4-6(7)8-5/h3-4H,2H2,1H3. The largest absolute Gasteiger partial charge is 0.157 e. The average molecular weight is 122 g/mol. The lowest BCUT2D eigenvalue weighted by atomic mass is 10.1. The Kier molecular flexibility index (Phi) is 1.74. The lowest BCUT2D eigenvalue weighted by Gasteiger charge is -1.80. The van der Waals surface area contributed by atoms with E-state index in [1.54, 1.807) is 11.3 Å². The maximum atomic E-state index is 5.47. The molecule has 0 nitrogen and oxygen atoms in total. The second kappa shape index (κ2) is 2.36. The van der Waals surface area contributed by atoms with Gasteiger partial charge in [-0.25, -0.2) is 0 Å². The van der Waals surface area contributed by atoms with Crippen molar-refractivity contribution in [2.75, 3.05) is 0 Å². The second-order valence-electron chi connectivity index (χ2n) is 1.66. The first-order valence-corrected chi connectivity index (χ1v) is 3.48. The van der Waals surface area contributed by atoms with Crippen LogP contribution in [0.15, 0.2) is 12.1 Å². The molecule has 40 valence electrons. The van der Waals surface area contributed by atoms with Crippen LogP contribution in [-0.4, -0.2) is 7.85 Å². The minimum absolute atomic E-state index is 0.918. The first kappa shape index (κ1) is 5.89. The summed E-state index contributed by atoms with van der Waals surface area (Å²) in [7, 11) is 5.47. The lowest BCUT2D eigenvalue weighted by Crippen LogP contribution is -1.88. The van der Waals surface area contributed by atoms with Gasteiger partial charge in [0.1, 0.15) is 7.85 Å². The van der Waals surface area contributed by atoms with Crippen LogP contribution in [0.1, 0.15) is 11.8 Å². The number of hydrogen-bond donors (Lipinski definition) is 0. The number of hydrogen-bond acceptors (Lipinski definition) is 1. The van der Waals surface area contributed by atoms with E-state index in [-0.39, 0.29) is 0 Å². The molecule has 0 amide bonds. The van der Waals surface area contributed by atoms with Gasteiger partial charge in [0.25, 0.3) is 0 Å². The molecule has 0 saturated heterocycles. The fraction of sp³-hybridized carbons (Fsp3) is 0.333. The highest BCUT2D eigenvalue weighted by molar-refractivity contribution is 7.20. The maximum Gasteiger partial charge on any atom is 0.128 e. The highest BCUT2D eigenvalue weighted by Gasteiger charge is 1.89. The van der Waals surface area contributed by atoms with Gasteiger partial charge in [-0.15, -0.1) is 0 Å². The molecule has 0 aliphatic rings. The molecule has 8 heavy (non-hydrogen) atoms. The number of aryl methyl sites for hydroxylation is 1. The highest BCUT2D eigenvalue weighted by Crippen LogP contribution is 2.04. The van der Waals surface area contributed by atoms with Gasteiger partial charge in [-0.3, -0.25) is 0 Å². The van der Waals surface area contributed by atoms with Crippen LogP contribution in [0.2, 0.25) is 0 Å². The summed E-state index contributed by atoms with van der Waals surface area (Å²) in [4.78, 5) is 1.36. The van der Waals surface area contributed by atoms with E-state index in [1.807, 2.05) is 6.07 Å². The summed E-state index contributed by atoms with van der Waals surface area (Å²) >= 11 is 1.67. The van der Waals surface area contributed by atoms with Gasteiger partial charge in [0.2, 0.25) is 0 Å². The van der Waals surface area contributed by atoms with E-state index in [4.69, 9.17) is 7.85 Å². The molecular formula is C6H7BS. The van der Waals surface area contributed by atoms with Crippen LogP contribution in [0.4, 0.5) is 0 Å². The number of thiophene rings is 1. The molecule has 0 aromatic carbocycles. The zero-order valence-corrected chi connectivity index (χ0v) is 5.66. The first-order valence-electron chi connectivity index (χ1n) is 2.67. The van der Waals surface area contributed by atoms with Crippen LogP contribution >= 0.6 is 11.3 Å². The number of rotatable bonds is 1. The van der Waals surface area contributed by atoms with Crippen LogP contribution in [0.25, 0.3) is 0 Å². The normalized spacial score (nSPS) is 9.62. The van der Waals surface area contributed by atoms with Crippen LogP contribution in [0.3, 0.4) is 0 Å². The zero-order chi connectivity index (χ0) is 5.98. The molecule has 1 aromatic rings. The topological polar surface area (TPSA) is 0 Å². The zero-order valence-electron chi connectivity index (χ0n) is 4.85. The molecule has 0 fully saturated rings. The second-order valence-corrected chi connectivity index (χ2v) is 2.86. The van der Waals surface area contributed by atoms with Crippen LogP contribution in [0, 0.1) is 0 Å². The molecule has 0 aliphatic heterocycles. The minimum Gasteiger partial charge on any atom is -0.157 e. The van der Waals surface area contributed by atoms with Gasteiger partial charge in [-0.2, -0.15) is 11.3 Å². The monoisotopic (exact) mass is 122 g/mol. The fourth-order valence-electron chi connectivity index (χ4n) is 0.585. The Hall–Kier alpha value is -0.235. The Labute approximate surface area is 55.0 Å². The van der Waals surface area contributed by atoms with Gasteiger partial charge in [-0.1, -0.05) is 13.0 Å². The third-order valence-corrected chi connectivity index (χ3v) is 2.09. The van der Waals surface area contributed by atoms with Crippen molar-refractivity contribution in [3.8, 4) is 0 Å². The molecule has 0 spiro atoms. The molecule has 0 aliphatic carbocycles. The van der Waals surface area contributed by atoms with Crippen LogP contribution in [-0.2, 0) is 6.42 Å². The summed E-state index contributed by atoms with van der Waals surface area (Å²) < 4.78 is 0.918. The Morgan fingerprint density at radius 1 is 1.62 bits per heavy atom. The van der Waals surface area contributed by atoms with Crippen molar-refractivity contribution < 1.29 is 0 Å². The molecule has 1 rings (SSSR count). The predicted molar refractivity (Wildman–Crippen MR) is 39.1 cm³/mol. The van der Waals surface area contributed by atoms with Gasteiger partial charge in [0.05, 0.1) is 0 Å². The summed E-state index contributed by atoms with van der Waals surface area (Å²) in [6.07, 6.45) is 1.10. The van der Waals surface area contributed by atoms with E-state index in [9.17, 15) is 0 Å². The van der Waals surface area contributed by atoms with E-state index in [1.165, 1.54) is 4.88 Å². The molecule has 0 atom stereocenters. The van der Waals surface area contributed by atoms with Gasteiger partial charge in [0, 0.05) is 4.88 Å². The highest BCUT2D eigenvalue weighted by atomic mass is 32.1. The predicted octanol–water partition coefficient (Wildman–Crippen LogP) is 1.10. The lowest BCUT2D eigenvalue weighted by molar-refractivity contribution is 1.19. The van der Waals surface area contributed by atoms with E-state index < -0.39 is 0 Å². The minimum atomic E-state index is 0.918. The molecule has 2 radical (unpaired) electrons. The molecule has 0 N–H and O–H groups in total. The van der Waals surface area contributed by atoms with E-state index in [0.717, 1.165) is 11.2 Å². The van der Waals surface area contributed by atoms with Crippen LogP contribution in [0.5, 0.6) is 0 Å². The smallest absolute Gasteiger partial charge is 0.128 e. The molecule has 2 heteroatoms. The summed E-state index contributed by atoms with van der Waals surface area (Å²) in [5.74, 6) is 0. The van der Waals surface area contributed by atoms with Gasteiger partial charge in [-0.05, 0) is 17.3 Å². The van der Waals surface area contributed by atoms with Crippen LogP contribution < -0.4 is 4.78 Å². The molecule has 0 unspecified atom stereocenters. The van der Waals surface area contributed by atoms with Crippen molar-refractivity contribution in [1.29, 1.82) is 0 Å². The summed E-state index contributed by atoms with van der Waals surface area (Å²) in [6, 6.07) is 4.02. The van der Waals surface area contributed by atoms with Crippen molar-refractivity contribution in [3.05, 3.63) is 17.0 Å². The molecular weight excluding hydrogens is 115 g/mol. The maximum absolute atomic E-state index is 5.47. The summed E-state index contributed by atoms with van der Waals surface area (Å²) in [6.45, 7) is 2.13. The SMILES string of the molecule is [B]c1ccc(CC)s1. The van der Waals surface area contributed by atoms with Crippen molar-refractivity contribution in [3.63, 3.8) is 0 Å². The Balaban J connectivity index is 2.84. The van der Waals surface area contributed by atoms with Crippen molar-refractivity contribution >= 4 is 24.0 Å². The molecule has 1 heterocycles. The van der Waals surface area contributed by atoms with Crippen molar-refractivity contribution in [1.82, 2.24) is 0 Å². The molecule has 0 bridgehead atoms. The summed E-state index contributed by atoms with van der Waals surface area (Å²) in [5, 5.41) is 0. The van der Waals surface area contributed by atoms with E-state index in [0.29, 0.717) is 0 Å². The van der Waals surface area contributed by atoms with E-state index >= 15 is 0 Å². The Bertz CT molecular complexity index is 169. The summed E-state index contributed by atoms with van der Waals surface area (Å²) in [5.41, 5.74) is 0. The van der Waals surface area contributed by atoms with Crippen molar-refractivity contribution in [2.45, 2.75) is 13.3 Å². The third kappa shape index (κ3) is 1.13. The van der Waals surface area contributed by atoms with Gasteiger partial charge in [0.15, 0.2) is 0 Å². The quantitative estimate of drug-likeness (QED) is 0.489. The van der Waals surface area contributed by atoms with Crippen molar-refractivity contribution in [2.24, 2.45) is 0 Å². The Morgan fingerprint density at radius 3 is 2.62 bits per heavy atom. The van der Waals surface area contributed by atoms with Gasteiger partial charge >= 0.3 is 0 Å². The fourth-order valence-corrected chi connectivity index (χ4v) is 1.30. The first-order chi connectivity index (χ1) is 3.83. The van der Waals surface area contributed by atoms with Gasteiger partial charge < -0.3 is 0 Å². The molecule has 1 aromatic heterocycles. The average Bonchev–Trinajstić information content (AvgIpc) is 2.14. The molecule has 0 saturated carbocycles. The van der Waals surface area contributed by atoms with E-state index in [2.05, 4.69) is 13.0 Å². The Morgan fingerprint density at radius 2 is 2.38 bits per heavy atom. The third-order valence-electron chi connectivity index (χ3n) is 1.03.